The number of nitrogens with one attached hydrogen (secondary N) is 1. The van der Waals surface area contributed by atoms with Crippen LogP contribution in [-0.2, 0) is 22.7 Å². The summed E-state index contributed by atoms with van der Waals surface area (Å²) in [5.41, 5.74) is 0.0702. The standard InChI is InChI=1S/C27H35F5NO3PS/c28-22-9-7-21(8-10-22)26(11-2-1-3-12-26)13-4-5-16-38-25-18-24(29)20(17-23(25)27(30,31)32)19-33-14-6-15-37(34,35)36/h7-10,17-18,33H,1-6,11-16,19H2,(H2,34,35,36). The second-order valence-electron chi connectivity index (χ2n) is 10.0. The fourth-order valence-electron chi connectivity index (χ4n) is 5.17. The Balaban J connectivity index is 1.57. The molecule has 3 rings (SSSR count). The number of alkyl halides is 3. The van der Waals surface area contributed by atoms with E-state index in [1.807, 2.05) is 12.1 Å². The highest BCUT2D eigenvalue weighted by atomic mass is 32.2. The van der Waals surface area contributed by atoms with Gasteiger partial charge in [0.25, 0.3) is 0 Å². The molecule has 0 aliphatic heterocycles. The summed E-state index contributed by atoms with van der Waals surface area (Å²) in [4.78, 5) is 17.6. The fraction of sp³-hybridized carbons (Fsp3) is 0.556. The maximum Gasteiger partial charge on any atom is 0.417 e. The summed E-state index contributed by atoms with van der Waals surface area (Å²) in [7, 11) is -4.15. The van der Waals surface area contributed by atoms with Crippen LogP contribution in [0.1, 0.15) is 74.5 Å². The molecule has 1 saturated carbocycles. The Bertz CT molecular complexity index is 1090. The maximum absolute atomic E-state index is 14.6. The topological polar surface area (TPSA) is 69.6 Å². The molecular formula is C27H35F5NO3PS. The molecular weight excluding hydrogens is 544 g/mol. The van der Waals surface area contributed by atoms with Crippen LogP contribution in [0.5, 0.6) is 0 Å². The summed E-state index contributed by atoms with van der Waals surface area (Å²) in [6.45, 7) is -0.0334. The molecule has 3 N–H and O–H groups in total. The molecule has 0 saturated heterocycles. The van der Waals surface area contributed by atoms with Gasteiger partial charge >= 0.3 is 13.8 Å². The highest BCUT2D eigenvalue weighted by molar-refractivity contribution is 7.99. The van der Waals surface area contributed by atoms with Gasteiger partial charge in [0.05, 0.1) is 11.7 Å². The monoisotopic (exact) mass is 579 g/mol. The van der Waals surface area contributed by atoms with Crippen molar-refractivity contribution in [1.82, 2.24) is 5.32 Å². The first kappa shape index (κ1) is 31.1. The van der Waals surface area contributed by atoms with Gasteiger partial charge in [-0.05, 0) is 79.6 Å². The summed E-state index contributed by atoms with van der Waals surface area (Å²) in [6, 6.07) is 8.41. The molecule has 0 spiro atoms. The van der Waals surface area contributed by atoms with Crippen molar-refractivity contribution in [3.05, 3.63) is 64.7 Å². The number of hydrogen-bond acceptors (Lipinski definition) is 3. The Kier molecular flexibility index (Phi) is 11.2. The summed E-state index contributed by atoms with van der Waals surface area (Å²) in [6.07, 6.45) is 2.91. The first-order valence-corrected chi connectivity index (χ1v) is 15.7. The van der Waals surface area contributed by atoms with E-state index in [4.69, 9.17) is 9.79 Å². The van der Waals surface area contributed by atoms with Crippen molar-refractivity contribution >= 4 is 19.4 Å². The van der Waals surface area contributed by atoms with Crippen molar-refractivity contribution in [3.8, 4) is 0 Å². The Hall–Kier alpha value is -1.45. The van der Waals surface area contributed by atoms with Crippen LogP contribution in [-0.4, -0.2) is 28.2 Å². The van der Waals surface area contributed by atoms with Gasteiger partial charge < -0.3 is 15.1 Å². The van der Waals surface area contributed by atoms with Crippen molar-refractivity contribution < 1.29 is 36.3 Å². The van der Waals surface area contributed by atoms with Gasteiger partial charge in [-0.25, -0.2) is 8.78 Å². The van der Waals surface area contributed by atoms with Crippen molar-refractivity contribution in [1.29, 1.82) is 0 Å². The Morgan fingerprint density at radius 1 is 0.974 bits per heavy atom. The minimum Gasteiger partial charge on any atom is -0.324 e. The molecule has 2 aromatic carbocycles. The summed E-state index contributed by atoms with van der Waals surface area (Å²) >= 11 is 0.998. The molecule has 0 heterocycles. The number of benzene rings is 2. The van der Waals surface area contributed by atoms with E-state index in [9.17, 15) is 26.5 Å². The average molecular weight is 580 g/mol. The van der Waals surface area contributed by atoms with E-state index in [-0.39, 0.29) is 47.4 Å². The molecule has 0 bridgehead atoms. The van der Waals surface area contributed by atoms with Gasteiger partial charge in [-0.15, -0.1) is 11.8 Å². The highest BCUT2D eigenvalue weighted by Crippen LogP contribution is 2.44. The fourth-order valence-corrected chi connectivity index (χ4v) is 6.83. The average Bonchev–Trinajstić information content (AvgIpc) is 2.84. The second-order valence-corrected chi connectivity index (χ2v) is 12.9. The SMILES string of the molecule is O=P(O)(O)CCCNCc1cc(C(F)(F)F)c(SCCCCC2(c3ccc(F)cc3)CCCCC2)cc1F. The van der Waals surface area contributed by atoms with Crippen LogP contribution in [0, 0.1) is 11.6 Å². The van der Waals surface area contributed by atoms with Gasteiger partial charge in [0.15, 0.2) is 0 Å². The first-order valence-electron chi connectivity index (χ1n) is 12.9. The molecule has 2 aromatic rings. The lowest BCUT2D eigenvalue weighted by molar-refractivity contribution is -0.139. The molecule has 11 heteroatoms. The zero-order valence-electron chi connectivity index (χ0n) is 21.2. The van der Waals surface area contributed by atoms with E-state index < -0.39 is 25.2 Å². The smallest absolute Gasteiger partial charge is 0.324 e. The van der Waals surface area contributed by atoms with E-state index in [0.717, 1.165) is 68.0 Å². The van der Waals surface area contributed by atoms with Crippen molar-refractivity contribution in [3.63, 3.8) is 0 Å². The van der Waals surface area contributed by atoms with Crippen LogP contribution < -0.4 is 5.32 Å². The number of unbranched alkanes of at least 4 members (excludes halogenated alkanes) is 1. The largest absolute Gasteiger partial charge is 0.417 e. The Morgan fingerprint density at radius 2 is 1.66 bits per heavy atom. The lowest BCUT2D eigenvalue weighted by Crippen LogP contribution is -2.29. The second kappa shape index (κ2) is 13.8. The number of thioether (sulfide) groups is 1. The van der Waals surface area contributed by atoms with E-state index in [1.54, 1.807) is 0 Å². The molecule has 0 radical (unpaired) electrons. The van der Waals surface area contributed by atoms with Crippen LogP contribution in [0.2, 0.25) is 0 Å². The van der Waals surface area contributed by atoms with Crippen molar-refractivity contribution in [2.75, 3.05) is 18.5 Å². The minimum atomic E-state index is -4.64. The summed E-state index contributed by atoms with van der Waals surface area (Å²) in [5.74, 6) is -0.604. The number of rotatable bonds is 13. The van der Waals surface area contributed by atoms with Gasteiger partial charge in [-0.1, -0.05) is 37.8 Å². The van der Waals surface area contributed by atoms with Crippen molar-refractivity contribution in [2.24, 2.45) is 0 Å². The van der Waals surface area contributed by atoms with E-state index in [1.165, 1.54) is 18.6 Å². The molecule has 38 heavy (non-hydrogen) atoms. The van der Waals surface area contributed by atoms with Crippen LogP contribution in [0.3, 0.4) is 0 Å². The van der Waals surface area contributed by atoms with Crippen LogP contribution in [0.25, 0.3) is 0 Å². The molecule has 4 nitrogen and oxygen atoms in total. The molecule has 1 fully saturated rings. The maximum atomic E-state index is 14.6. The third kappa shape index (κ3) is 9.33. The number of halogens is 5. The Labute approximate surface area is 225 Å². The van der Waals surface area contributed by atoms with E-state index in [2.05, 4.69) is 5.32 Å². The predicted molar refractivity (Wildman–Crippen MR) is 140 cm³/mol. The van der Waals surface area contributed by atoms with Crippen LogP contribution in [0.4, 0.5) is 22.0 Å². The molecule has 0 unspecified atom stereocenters. The lowest BCUT2D eigenvalue weighted by atomic mass is 9.67. The molecule has 212 valence electrons. The zero-order chi connectivity index (χ0) is 27.8. The Morgan fingerprint density at radius 3 is 2.29 bits per heavy atom. The molecule has 1 aliphatic rings. The predicted octanol–water partition coefficient (Wildman–Crippen LogP) is 7.81. The molecule has 1 aliphatic carbocycles. The third-order valence-electron chi connectivity index (χ3n) is 7.15. The van der Waals surface area contributed by atoms with Crippen LogP contribution in [0.15, 0.2) is 41.3 Å². The highest BCUT2D eigenvalue weighted by Gasteiger charge is 2.35. The quantitative estimate of drug-likeness (QED) is 0.0978. The van der Waals surface area contributed by atoms with Gasteiger partial charge in [-0.3, -0.25) is 4.57 Å². The lowest BCUT2D eigenvalue weighted by Gasteiger charge is -2.38. The van der Waals surface area contributed by atoms with Crippen LogP contribution >= 0.6 is 19.4 Å². The van der Waals surface area contributed by atoms with Gasteiger partial charge in [0, 0.05) is 17.0 Å². The molecule has 0 amide bonds. The summed E-state index contributed by atoms with van der Waals surface area (Å²) < 4.78 is 80.2. The van der Waals surface area contributed by atoms with E-state index in [0.29, 0.717) is 12.2 Å². The number of hydrogen-bond donors (Lipinski definition) is 3. The summed E-state index contributed by atoms with van der Waals surface area (Å²) in [5, 5.41) is 2.75. The minimum absolute atomic E-state index is 0.0280. The molecule has 0 aromatic heterocycles. The zero-order valence-corrected chi connectivity index (χ0v) is 22.9. The van der Waals surface area contributed by atoms with Crippen molar-refractivity contribution in [2.45, 2.75) is 80.8 Å². The third-order valence-corrected chi connectivity index (χ3v) is 9.19. The molecule has 0 atom stereocenters. The van der Waals surface area contributed by atoms with Gasteiger partial charge in [0.1, 0.15) is 11.6 Å². The van der Waals surface area contributed by atoms with Gasteiger partial charge in [0.2, 0.25) is 0 Å². The van der Waals surface area contributed by atoms with Gasteiger partial charge in [-0.2, -0.15) is 13.2 Å². The van der Waals surface area contributed by atoms with E-state index >= 15 is 0 Å². The normalized spacial score (nSPS) is 16.1. The first-order chi connectivity index (χ1) is 17.9.